The molecule has 9 rings (SSSR count). The molecule has 0 N–H and O–H groups in total. The first-order chi connectivity index (χ1) is 19.9. The summed E-state index contributed by atoms with van der Waals surface area (Å²) in [7, 11) is 0. The summed E-state index contributed by atoms with van der Waals surface area (Å²) < 4.78 is 4.94. The van der Waals surface area contributed by atoms with Gasteiger partial charge in [-0.15, -0.1) is 0 Å². The Morgan fingerprint density at radius 3 is 1.82 bits per heavy atom. The molecule has 0 atom stereocenters. The van der Waals surface area contributed by atoms with Gasteiger partial charge in [-0.25, -0.2) is 0 Å². The number of hydrogen-bond acceptors (Lipinski definition) is 0. The number of fused-ring (bicyclic) bond motifs is 10. The molecule has 0 spiro atoms. The van der Waals surface area contributed by atoms with Crippen LogP contribution in [-0.4, -0.2) is 9.13 Å². The second-order valence-corrected chi connectivity index (χ2v) is 10.6. The minimum atomic E-state index is 1.17. The first kappa shape index (κ1) is 21.6. The molecule has 2 nitrogen and oxygen atoms in total. The predicted octanol–water partition coefficient (Wildman–Crippen LogP) is 10.2. The highest BCUT2D eigenvalue weighted by Gasteiger charge is 2.22. The molecule has 2 aromatic heterocycles. The van der Waals surface area contributed by atoms with Crippen molar-refractivity contribution in [1.29, 1.82) is 0 Å². The molecule has 9 aromatic rings. The molecule has 2 heteroatoms. The van der Waals surface area contributed by atoms with Crippen molar-refractivity contribution >= 4 is 65.2 Å². The van der Waals surface area contributed by atoms with Gasteiger partial charge in [0, 0.05) is 32.9 Å². The largest absolute Gasteiger partial charge is 0.307 e. The topological polar surface area (TPSA) is 9.86 Å². The van der Waals surface area contributed by atoms with Crippen LogP contribution in [0.15, 0.2) is 146 Å². The van der Waals surface area contributed by atoms with Crippen LogP contribution in [0.4, 0.5) is 0 Å². The summed E-state index contributed by atoms with van der Waals surface area (Å²) in [5, 5.41) is 10.1. The van der Waals surface area contributed by atoms with Crippen LogP contribution in [0.2, 0.25) is 0 Å². The molecular formula is C38H24N2. The van der Waals surface area contributed by atoms with Gasteiger partial charge in [0.25, 0.3) is 0 Å². The molecule has 0 aliphatic heterocycles. The van der Waals surface area contributed by atoms with Crippen molar-refractivity contribution in [2.75, 3.05) is 0 Å². The summed E-state index contributed by atoms with van der Waals surface area (Å²) in [5.74, 6) is 0. The molecule has 0 aliphatic carbocycles. The van der Waals surface area contributed by atoms with Gasteiger partial charge in [0.1, 0.15) is 0 Å². The lowest BCUT2D eigenvalue weighted by Crippen LogP contribution is -1.98. The Balaban J connectivity index is 1.56. The molecule has 0 fully saturated rings. The average molecular weight is 509 g/mol. The first-order valence-corrected chi connectivity index (χ1v) is 13.8. The zero-order valence-corrected chi connectivity index (χ0v) is 21.8. The molecule has 0 amide bonds. The van der Waals surface area contributed by atoms with E-state index in [1.807, 2.05) is 0 Å². The quantitative estimate of drug-likeness (QED) is 0.220. The van der Waals surface area contributed by atoms with Crippen LogP contribution in [0.25, 0.3) is 76.5 Å². The Morgan fingerprint density at radius 1 is 0.325 bits per heavy atom. The Bertz CT molecular complexity index is 2420. The monoisotopic (exact) mass is 508 g/mol. The third-order valence-corrected chi connectivity index (χ3v) is 8.46. The van der Waals surface area contributed by atoms with Gasteiger partial charge in [-0.1, -0.05) is 109 Å². The van der Waals surface area contributed by atoms with E-state index in [2.05, 4.69) is 155 Å². The summed E-state index contributed by atoms with van der Waals surface area (Å²) >= 11 is 0. The van der Waals surface area contributed by atoms with Crippen LogP contribution in [0.3, 0.4) is 0 Å². The highest BCUT2D eigenvalue weighted by Crippen LogP contribution is 2.43. The van der Waals surface area contributed by atoms with Crippen molar-refractivity contribution in [1.82, 2.24) is 9.13 Å². The SMILES string of the molecule is c1ccc(-n2c3ccc4ccccc4c3c3ccc4c5ccccc5n(-c5ccc6ccccc6c5)c4c32)cc1. The highest BCUT2D eigenvalue weighted by molar-refractivity contribution is 6.28. The van der Waals surface area contributed by atoms with E-state index in [9.17, 15) is 0 Å². The number of benzene rings is 7. The van der Waals surface area contributed by atoms with Crippen LogP contribution < -0.4 is 0 Å². The molecule has 7 aromatic carbocycles. The molecule has 0 bridgehead atoms. The Labute approximate surface area is 230 Å². The number of hydrogen-bond donors (Lipinski definition) is 0. The van der Waals surface area contributed by atoms with Crippen LogP contribution in [-0.2, 0) is 0 Å². The van der Waals surface area contributed by atoms with E-state index < -0.39 is 0 Å². The lowest BCUT2D eigenvalue weighted by atomic mass is 10.0. The predicted molar refractivity (Wildman–Crippen MR) is 170 cm³/mol. The molecule has 0 unspecified atom stereocenters. The van der Waals surface area contributed by atoms with Gasteiger partial charge < -0.3 is 9.13 Å². The summed E-state index contributed by atoms with van der Waals surface area (Å²) in [6, 6.07) is 53.0. The highest BCUT2D eigenvalue weighted by atomic mass is 15.0. The van der Waals surface area contributed by atoms with Crippen molar-refractivity contribution in [3.8, 4) is 11.4 Å². The fourth-order valence-corrected chi connectivity index (χ4v) is 6.75. The van der Waals surface area contributed by atoms with E-state index in [4.69, 9.17) is 0 Å². The van der Waals surface area contributed by atoms with Gasteiger partial charge >= 0.3 is 0 Å². The zero-order valence-electron chi connectivity index (χ0n) is 21.8. The Hall–Kier alpha value is -5.34. The lowest BCUT2D eigenvalue weighted by Gasteiger charge is -2.13. The van der Waals surface area contributed by atoms with Gasteiger partial charge in [-0.05, 0) is 57.9 Å². The minimum absolute atomic E-state index is 1.17. The van der Waals surface area contributed by atoms with Crippen LogP contribution in [0.5, 0.6) is 0 Å². The zero-order chi connectivity index (χ0) is 26.2. The molecule has 0 aliphatic rings. The van der Waals surface area contributed by atoms with Gasteiger partial charge in [0.2, 0.25) is 0 Å². The van der Waals surface area contributed by atoms with E-state index in [1.165, 1.54) is 76.5 Å². The normalized spacial score (nSPS) is 12.0. The summed E-state index contributed by atoms with van der Waals surface area (Å²) in [5.41, 5.74) is 7.25. The van der Waals surface area contributed by atoms with Crippen LogP contribution >= 0.6 is 0 Å². The van der Waals surface area contributed by atoms with E-state index in [1.54, 1.807) is 0 Å². The van der Waals surface area contributed by atoms with Gasteiger partial charge in [0.05, 0.1) is 22.1 Å². The second kappa shape index (κ2) is 8.08. The molecule has 40 heavy (non-hydrogen) atoms. The number of para-hydroxylation sites is 2. The molecule has 0 saturated heterocycles. The second-order valence-electron chi connectivity index (χ2n) is 10.6. The van der Waals surface area contributed by atoms with Gasteiger partial charge in [-0.3, -0.25) is 0 Å². The summed E-state index contributed by atoms with van der Waals surface area (Å²) in [6.45, 7) is 0. The number of aromatic nitrogens is 2. The van der Waals surface area contributed by atoms with Crippen LogP contribution in [0.1, 0.15) is 0 Å². The molecule has 0 radical (unpaired) electrons. The molecular weight excluding hydrogens is 484 g/mol. The first-order valence-electron chi connectivity index (χ1n) is 13.8. The van der Waals surface area contributed by atoms with Crippen molar-refractivity contribution in [2.24, 2.45) is 0 Å². The van der Waals surface area contributed by atoms with Crippen LogP contribution in [0, 0.1) is 0 Å². The molecule has 186 valence electrons. The summed E-state index contributed by atoms with van der Waals surface area (Å²) in [4.78, 5) is 0. The average Bonchev–Trinajstić information content (AvgIpc) is 3.54. The van der Waals surface area contributed by atoms with Crippen molar-refractivity contribution in [3.05, 3.63) is 146 Å². The van der Waals surface area contributed by atoms with E-state index in [-0.39, 0.29) is 0 Å². The van der Waals surface area contributed by atoms with Gasteiger partial charge in [0.15, 0.2) is 0 Å². The fraction of sp³-hybridized carbons (Fsp3) is 0. The number of rotatable bonds is 2. The third-order valence-electron chi connectivity index (χ3n) is 8.46. The maximum Gasteiger partial charge on any atom is 0.0789 e. The minimum Gasteiger partial charge on any atom is -0.307 e. The third kappa shape index (κ3) is 2.88. The number of nitrogens with zero attached hydrogens (tertiary/aromatic N) is 2. The van der Waals surface area contributed by atoms with E-state index >= 15 is 0 Å². The lowest BCUT2D eigenvalue weighted by molar-refractivity contribution is 1.15. The maximum atomic E-state index is 2.47. The molecule has 0 saturated carbocycles. The fourth-order valence-electron chi connectivity index (χ4n) is 6.75. The van der Waals surface area contributed by atoms with Crippen molar-refractivity contribution in [3.63, 3.8) is 0 Å². The van der Waals surface area contributed by atoms with E-state index in [0.29, 0.717) is 0 Å². The van der Waals surface area contributed by atoms with Crippen molar-refractivity contribution < 1.29 is 0 Å². The summed E-state index contributed by atoms with van der Waals surface area (Å²) in [6.07, 6.45) is 0. The smallest absolute Gasteiger partial charge is 0.0789 e. The van der Waals surface area contributed by atoms with Crippen molar-refractivity contribution in [2.45, 2.75) is 0 Å². The Kier molecular flexibility index (Phi) is 4.36. The maximum absolute atomic E-state index is 2.47. The standard InChI is InChI=1S/C38H24N2/c1-2-13-28(14-3-1)39-35-23-19-26-11-6-7-15-30(26)36(35)33-22-21-32-31-16-8-9-17-34(31)40(37(32)38(33)39)29-20-18-25-10-4-5-12-27(25)24-29/h1-24H. The Morgan fingerprint density at radius 2 is 0.950 bits per heavy atom. The van der Waals surface area contributed by atoms with Gasteiger partial charge in [-0.2, -0.15) is 0 Å². The van der Waals surface area contributed by atoms with E-state index in [0.717, 1.165) is 0 Å². The molecule has 2 heterocycles.